The molecule has 0 radical (unpaired) electrons. The molecule has 3 atom stereocenters. The van der Waals surface area contributed by atoms with Gasteiger partial charge in [0.1, 0.15) is 5.69 Å². The van der Waals surface area contributed by atoms with E-state index in [9.17, 15) is 9.59 Å². The van der Waals surface area contributed by atoms with E-state index in [2.05, 4.69) is 20.4 Å². The maximum Gasteiger partial charge on any atom is 0.271 e. The van der Waals surface area contributed by atoms with E-state index in [0.29, 0.717) is 24.1 Å². The molecule has 2 aliphatic heterocycles. The zero-order valence-corrected chi connectivity index (χ0v) is 13.4. The highest BCUT2D eigenvalue weighted by Gasteiger charge is 2.48. The van der Waals surface area contributed by atoms with E-state index in [0.717, 1.165) is 19.5 Å². The van der Waals surface area contributed by atoms with Gasteiger partial charge in [-0.1, -0.05) is 0 Å². The van der Waals surface area contributed by atoms with E-state index >= 15 is 0 Å². The van der Waals surface area contributed by atoms with Crippen LogP contribution in [0.5, 0.6) is 0 Å². The van der Waals surface area contributed by atoms with Gasteiger partial charge in [-0.25, -0.2) is 0 Å². The Labute approximate surface area is 135 Å². The summed E-state index contributed by atoms with van der Waals surface area (Å²) < 4.78 is 0. The van der Waals surface area contributed by atoms with E-state index in [1.807, 2.05) is 11.9 Å². The monoisotopic (exact) mass is 317 g/mol. The van der Waals surface area contributed by atoms with E-state index < -0.39 is 0 Å². The maximum atomic E-state index is 12.4. The topological polar surface area (TPSA) is 81.3 Å². The standard InChI is InChI=1S/C16H23N5O2/c1-20-13(15(22)17-7-10-2-3-10)6-11-8-21(9-14(11)20)16(23)12-4-5-18-19-12/h4-5,10-11,13-14H,2-3,6-9H2,1H3,(H,17,22)(H,18,19)/t11-,13-,14+/m0/s1. The lowest BCUT2D eigenvalue weighted by atomic mass is 10.0. The highest BCUT2D eigenvalue weighted by molar-refractivity contribution is 5.92. The van der Waals surface area contributed by atoms with Crippen molar-refractivity contribution in [3.8, 4) is 0 Å². The molecule has 0 bridgehead atoms. The van der Waals surface area contributed by atoms with Crippen LogP contribution in [0.4, 0.5) is 0 Å². The van der Waals surface area contributed by atoms with Crippen LogP contribution in [0, 0.1) is 11.8 Å². The molecule has 0 aromatic carbocycles. The highest BCUT2D eigenvalue weighted by Crippen LogP contribution is 2.35. The number of carbonyl (C=O) groups is 2. The van der Waals surface area contributed by atoms with Gasteiger partial charge in [0, 0.05) is 31.9 Å². The van der Waals surface area contributed by atoms with Crippen molar-refractivity contribution in [2.75, 3.05) is 26.7 Å². The van der Waals surface area contributed by atoms with Crippen molar-refractivity contribution < 1.29 is 9.59 Å². The predicted octanol–water partition coefficient (Wildman–Crippen LogP) is 0.0806. The number of fused-ring (bicyclic) bond motifs is 1. The molecular weight excluding hydrogens is 294 g/mol. The van der Waals surface area contributed by atoms with Crippen LogP contribution in [-0.4, -0.2) is 70.6 Å². The molecule has 1 aromatic heterocycles. The second-order valence-electron chi connectivity index (χ2n) is 7.11. The van der Waals surface area contributed by atoms with Crippen LogP contribution in [0.2, 0.25) is 0 Å². The van der Waals surface area contributed by atoms with Crippen LogP contribution in [0.3, 0.4) is 0 Å². The first-order chi connectivity index (χ1) is 11.1. The number of likely N-dealkylation sites (N-methyl/N-ethyl adjacent to an activating group) is 1. The SMILES string of the molecule is CN1[C@@H]2CN(C(=O)c3ccn[nH]3)C[C@@H]2C[C@H]1C(=O)NCC1CC1. The summed E-state index contributed by atoms with van der Waals surface area (Å²) in [7, 11) is 2.01. The van der Waals surface area contributed by atoms with Gasteiger partial charge in [-0.2, -0.15) is 5.10 Å². The Hall–Kier alpha value is -1.89. The predicted molar refractivity (Wildman–Crippen MR) is 83.7 cm³/mol. The number of rotatable bonds is 4. The minimum atomic E-state index is -0.0480. The van der Waals surface area contributed by atoms with Crippen molar-refractivity contribution in [1.29, 1.82) is 0 Å². The summed E-state index contributed by atoms with van der Waals surface area (Å²) >= 11 is 0. The van der Waals surface area contributed by atoms with E-state index in [1.54, 1.807) is 12.3 Å². The highest BCUT2D eigenvalue weighted by atomic mass is 16.2. The van der Waals surface area contributed by atoms with Gasteiger partial charge < -0.3 is 10.2 Å². The summed E-state index contributed by atoms with van der Waals surface area (Å²) in [6, 6.07) is 1.93. The quantitative estimate of drug-likeness (QED) is 0.824. The molecule has 7 heteroatoms. The molecular formula is C16H23N5O2. The van der Waals surface area contributed by atoms with Gasteiger partial charge in [0.15, 0.2) is 0 Å². The number of aromatic nitrogens is 2. The van der Waals surface area contributed by atoms with Crippen LogP contribution >= 0.6 is 0 Å². The second kappa shape index (κ2) is 5.63. The molecule has 124 valence electrons. The van der Waals surface area contributed by atoms with Crippen molar-refractivity contribution in [1.82, 2.24) is 25.3 Å². The fourth-order valence-corrected chi connectivity index (χ4v) is 3.92. The van der Waals surface area contributed by atoms with Crippen LogP contribution in [-0.2, 0) is 4.79 Å². The van der Waals surface area contributed by atoms with E-state index in [4.69, 9.17) is 0 Å². The summed E-state index contributed by atoms with van der Waals surface area (Å²) in [5.41, 5.74) is 0.534. The molecule has 0 spiro atoms. The second-order valence-corrected chi connectivity index (χ2v) is 7.11. The Balaban J connectivity index is 1.36. The number of aromatic amines is 1. The van der Waals surface area contributed by atoms with Crippen molar-refractivity contribution in [2.24, 2.45) is 11.8 Å². The van der Waals surface area contributed by atoms with Gasteiger partial charge >= 0.3 is 0 Å². The Morgan fingerprint density at radius 3 is 2.87 bits per heavy atom. The molecule has 2 saturated heterocycles. The zero-order chi connectivity index (χ0) is 16.0. The maximum absolute atomic E-state index is 12.4. The summed E-state index contributed by atoms with van der Waals surface area (Å²) in [6.45, 7) is 2.23. The minimum absolute atomic E-state index is 0.0000323. The first-order valence-corrected chi connectivity index (χ1v) is 8.42. The number of likely N-dealkylation sites (tertiary alicyclic amines) is 2. The van der Waals surface area contributed by atoms with E-state index in [1.165, 1.54) is 12.8 Å². The molecule has 1 aliphatic carbocycles. The van der Waals surface area contributed by atoms with Gasteiger partial charge in [0.25, 0.3) is 5.91 Å². The molecule has 7 nitrogen and oxygen atoms in total. The molecule has 2 amide bonds. The largest absolute Gasteiger partial charge is 0.354 e. The Morgan fingerprint density at radius 2 is 2.22 bits per heavy atom. The van der Waals surface area contributed by atoms with Gasteiger partial charge in [-0.15, -0.1) is 0 Å². The Bertz CT molecular complexity index is 598. The van der Waals surface area contributed by atoms with E-state index in [-0.39, 0.29) is 23.9 Å². The lowest BCUT2D eigenvalue weighted by Crippen LogP contribution is -2.46. The smallest absolute Gasteiger partial charge is 0.271 e. The number of hydrogen-bond donors (Lipinski definition) is 2. The number of carbonyl (C=O) groups excluding carboxylic acids is 2. The molecule has 0 unspecified atom stereocenters. The molecule has 2 N–H and O–H groups in total. The van der Waals surface area contributed by atoms with Crippen LogP contribution in [0.1, 0.15) is 29.8 Å². The summed E-state index contributed by atoms with van der Waals surface area (Å²) in [4.78, 5) is 28.8. The molecule has 1 aromatic rings. The summed E-state index contributed by atoms with van der Waals surface area (Å²) in [5.74, 6) is 1.23. The minimum Gasteiger partial charge on any atom is -0.354 e. The average molecular weight is 317 g/mol. The number of hydrogen-bond acceptors (Lipinski definition) is 4. The number of amides is 2. The molecule has 3 fully saturated rings. The molecule has 4 rings (SSSR count). The third kappa shape index (κ3) is 2.73. The number of nitrogens with one attached hydrogen (secondary N) is 2. The number of H-pyrrole nitrogens is 1. The van der Waals surface area contributed by atoms with Crippen molar-refractivity contribution >= 4 is 11.8 Å². The van der Waals surface area contributed by atoms with Gasteiger partial charge in [-0.05, 0) is 44.2 Å². The zero-order valence-electron chi connectivity index (χ0n) is 13.4. The first kappa shape index (κ1) is 14.7. The summed E-state index contributed by atoms with van der Waals surface area (Å²) in [6.07, 6.45) is 4.92. The van der Waals surface area contributed by atoms with Crippen molar-refractivity contribution in [3.63, 3.8) is 0 Å². The third-order valence-electron chi connectivity index (χ3n) is 5.53. The van der Waals surface area contributed by atoms with Crippen molar-refractivity contribution in [3.05, 3.63) is 18.0 Å². The Morgan fingerprint density at radius 1 is 1.39 bits per heavy atom. The van der Waals surface area contributed by atoms with Gasteiger partial charge in [0.05, 0.1) is 6.04 Å². The lowest BCUT2D eigenvalue weighted by Gasteiger charge is -2.26. The molecule has 3 aliphatic rings. The fraction of sp³-hybridized carbons (Fsp3) is 0.688. The molecule has 3 heterocycles. The normalized spacial score (nSPS) is 30.5. The first-order valence-electron chi connectivity index (χ1n) is 8.42. The molecule has 1 saturated carbocycles. The fourth-order valence-electron chi connectivity index (χ4n) is 3.92. The van der Waals surface area contributed by atoms with Crippen LogP contribution in [0.15, 0.2) is 12.3 Å². The summed E-state index contributed by atoms with van der Waals surface area (Å²) in [5, 5.41) is 9.66. The van der Waals surface area contributed by atoms with Crippen LogP contribution in [0.25, 0.3) is 0 Å². The Kier molecular flexibility index (Phi) is 3.60. The van der Waals surface area contributed by atoms with Gasteiger partial charge in [0.2, 0.25) is 5.91 Å². The third-order valence-corrected chi connectivity index (χ3v) is 5.53. The van der Waals surface area contributed by atoms with Crippen LogP contribution < -0.4 is 5.32 Å². The van der Waals surface area contributed by atoms with Crippen molar-refractivity contribution in [2.45, 2.75) is 31.3 Å². The van der Waals surface area contributed by atoms with Gasteiger partial charge in [-0.3, -0.25) is 19.6 Å². The number of nitrogens with zero attached hydrogens (tertiary/aromatic N) is 3. The molecule has 23 heavy (non-hydrogen) atoms. The lowest BCUT2D eigenvalue weighted by molar-refractivity contribution is -0.125. The average Bonchev–Trinajstić information content (AvgIpc) is 2.97.